The number of halogens is 2. The van der Waals surface area contributed by atoms with E-state index in [1.165, 1.54) is 12.1 Å². The van der Waals surface area contributed by atoms with Crippen LogP contribution in [0.25, 0.3) is 0 Å². The molecule has 0 saturated carbocycles. The topological polar surface area (TPSA) is 29.1 Å². The molecule has 104 valence electrons. The highest BCUT2D eigenvalue weighted by Crippen LogP contribution is 2.17. The van der Waals surface area contributed by atoms with Gasteiger partial charge in [0.15, 0.2) is 0 Å². The van der Waals surface area contributed by atoms with Gasteiger partial charge in [0, 0.05) is 21.7 Å². The van der Waals surface area contributed by atoms with Crippen molar-refractivity contribution < 1.29 is 9.18 Å². The van der Waals surface area contributed by atoms with E-state index < -0.39 is 11.7 Å². The summed E-state index contributed by atoms with van der Waals surface area (Å²) in [6.45, 7) is 0.490. The molecule has 20 heavy (non-hydrogen) atoms. The molecule has 0 radical (unpaired) electrons. The van der Waals surface area contributed by atoms with Gasteiger partial charge in [-0.1, -0.05) is 34.1 Å². The molecule has 1 amide bonds. The molecule has 1 N–H and O–H groups in total. The van der Waals surface area contributed by atoms with E-state index in [2.05, 4.69) is 21.2 Å². The summed E-state index contributed by atoms with van der Waals surface area (Å²) >= 11 is 4.87. The summed E-state index contributed by atoms with van der Waals surface area (Å²) in [5.74, 6) is -0.162. The van der Waals surface area contributed by atoms with Gasteiger partial charge in [-0.15, -0.1) is 11.8 Å². The van der Waals surface area contributed by atoms with Crippen molar-refractivity contribution in [2.24, 2.45) is 0 Å². The van der Waals surface area contributed by atoms with Gasteiger partial charge in [0.25, 0.3) is 5.91 Å². The van der Waals surface area contributed by atoms with Crippen molar-refractivity contribution in [1.82, 2.24) is 5.32 Å². The van der Waals surface area contributed by atoms with Gasteiger partial charge in [0.1, 0.15) is 5.82 Å². The van der Waals surface area contributed by atoms with Crippen LogP contribution in [0.1, 0.15) is 10.4 Å². The van der Waals surface area contributed by atoms with Crippen molar-refractivity contribution in [2.45, 2.75) is 4.90 Å². The van der Waals surface area contributed by atoms with E-state index in [1.807, 2.05) is 30.3 Å². The number of thioether (sulfide) groups is 1. The summed E-state index contributed by atoms with van der Waals surface area (Å²) < 4.78 is 14.2. The number of carbonyl (C=O) groups excluding carboxylic acids is 1. The van der Waals surface area contributed by atoms with E-state index in [0.29, 0.717) is 11.0 Å². The van der Waals surface area contributed by atoms with E-state index in [0.717, 1.165) is 10.6 Å². The van der Waals surface area contributed by atoms with Crippen LogP contribution >= 0.6 is 27.7 Å². The van der Waals surface area contributed by atoms with Gasteiger partial charge in [0.05, 0.1) is 5.56 Å². The van der Waals surface area contributed by atoms with Crippen LogP contribution in [0, 0.1) is 5.82 Å². The highest BCUT2D eigenvalue weighted by Gasteiger charge is 2.11. The number of benzene rings is 2. The first-order chi connectivity index (χ1) is 9.66. The van der Waals surface area contributed by atoms with Crippen molar-refractivity contribution in [2.75, 3.05) is 12.3 Å². The van der Waals surface area contributed by atoms with Crippen LogP contribution in [0.5, 0.6) is 0 Å². The molecule has 0 spiro atoms. The van der Waals surface area contributed by atoms with Gasteiger partial charge in [0.2, 0.25) is 0 Å². The maximum atomic E-state index is 13.5. The van der Waals surface area contributed by atoms with Gasteiger partial charge in [-0.2, -0.15) is 0 Å². The smallest absolute Gasteiger partial charge is 0.254 e. The van der Waals surface area contributed by atoms with Crippen LogP contribution in [0.3, 0.4) is 0 Å². The van der Waals surface area contributed by atoms with E-state index >= 15 is 0 Å². The first-order valence-electron chi connectivity index (χ1n) is 6.08. The van der Waals surface area contributed by atoms with Gasteiger partial charge in [-0.3, -0.25) is 4.79 Å². The lowest BCUT2D eigenvalue weighted by Gasteiger charge is -2.06. The summed E-state index contributed by atoms with van der Waals surface area (Å²) in [6.07, 6.45) is 0. The lowest BCUT2D eigenvalue weighted by atomic mass is 10.2. The standard InChI is InChI=1S/C15H13BrFNOS/c16-11-6-7-14(17)13(10-11)15(19)18-8-9-20-12-4-2-1-3-5-12/h1-7,10H,8-9H2,(H,18,19). The predicted molar refractivity (Wildman–Crippen MR) is 83.6 cm³/mol. The quantitative estimate of drug-likeness (QED) is 0.647. The summed E-state index contributed by atoms with van der Waals surface area (Å²) in [5, 5.41) is 2.72. The lowest BCUT2D eigenvalue weighted by Crippen LogP contribution is -2.26. The maximum Gasteiger partial charge on any atom is 0.254 e. The first-order valence-corrected chi connectivity index (χ1v) is 7.86. The molecule has 2 nitrogen and oxygen atoms in total. The van der Waals surface area contributed by atoms with Crippen LogP contribution in [0.2, 0.25) is 0 Å². The van der Waals surface area contributed by atoms with Gasteiger partial charge < -0.3 is 5.32 Å². The third kappa shape index (κ3) is 4.35. The fourth-order valence-corrected chi connectivity index (χ4v) is 2.77. The third-order valence-corrected chi connectivity index (χ3v) is 4.08. The Morgan fingerprint density at radius 1 is 1.20 bits per heavy atom. The zero-order chi connectivity index (χ0) is 14.4. The van der Waals surface area contributed by atoms with Crippen molar-refractivity contribution in [3.63, 3.8) is 0 Å². The molecule has 0 aliphatic rings. The largest absolute Gasteiger partial charge is 0.351 e. The number of hydrogen-bond acceptors (Lipinski definition) is 2. The zero-order valence-electron chi connectivity index (χ0n) is 10.6. The first kappa shape index (κ1) is 15.1. The molecule has 0 atom stereocenters. The number of amides is 1. The SMILES string of the molecule is O=C(NCCSc1ccccc1)c1cc(Br)ccc1F. The number of nitrogens with one attached hydrogen (secondary N) is 1. The van der Waals surface area contributed by atoms with E-state index in [-0.39, 0.29) is 5.56 Å². The highest BCUT2D eigenvalue weighted by atomic mass is 79.9. The van der Waals surface area contributed by atoms with Crippen molar-refractivity contribution >= 4 is 33.6 Å². The average Bonchev–Trinajstić information content (AvgIpc) is 2.47. The molecule has 2 rings (SSSR count). The molecule has 0 unspecified atom stereocenters. The second-order valence-electron chi connectivity index (χ2n) is 4.04. The summed E-state index contributed by atoms with van der Waals surface area (Å²) in [7, 11) is 0. The normalized spacial score (nSPS) is 10.3. The fraction of sp³-hybridized carbons (Fsp3) is 0.133. The molecule has 0 heterocycles. The van der Waals surface area contributed by atoms with Gasteiger partial charge >= 0.3 is 0 Å². The Balaban J connectivity index is 1.82. The minimum Gasteiger partial charge on any atom is -0.351 e. The van der Waals surface area contributed by atoms with Crippen molar-refractivity contribution in [3.8, 4) is 0 Å². The minimum absolute atomic E-state index is 0.0593. The molecule has 0 saturated heterocycles. The van der Waals surface area contributed by atoms with Gasteiger partial charge in [-0.05, 0) is 30.3 Å². The fourth-order valence-electron chi connectivity index (χ4n) is 1.62. The second kappa shape index (κ2) is 7.45. The van der Waals surface area contributed by atoms with Crippen LogP contribution in [0.15, 0.2) is 57.9 Å². The zero-order valence-corrected chi connectivity index (χ0v) is 13.0. The van der Waals surface area contributed by atoms with Crippen molar-refractivity contribution in [1.29, 1.82) is 0 Å². The van der Waals surface area contributed by atoms with Gasteiger partial charge in [-0.25, -0.2) is 4.39 Å². The molecule has 0 aliphatic carbocycles. The Bertz CT molecular complexity index is 592. The summed E-state index contributed by atoms with van der Waals surface area (Å²) in [6, 6.07) is 14.3. The maximum absolute atomic E-state index is 13.5. The number of carbonyl (C=O) groups is 1. The van der Waals surface area contributed by atoms with Crippen LogP contribution < -0.4 is 5.32 Å². The van der Waals surface area contributed by atoms with Crippen LogP contribution in [-0.2, 0) is 0 Å². The van der Waals surface area contributed by atoms with E-state index in [1.54, 1.807) is 17.8 Å². The van der Waals surface area contributed by atoms with Crippen molar-refractivity contribution in [3.05, 3.63) is 64.4 Å². The number of rotatable bonds is 5. The Morgan fingerprint density at radius 3 is 2.70 bits per heavy atom. The second-order valence-corrected chi connectivity index (χ2v) is 6.13. The average molecular weight is 354 g/mol. The monoisotopic (exact) mass is 353 g/mol. The Labute approximate surface area is 129 Å². The summed E-state index contributed by atoms with van der Waals surface area (Å²) in [5.41, 5.74) is 0.0593. The molecule has 5 heteroatoms. The molecule has 0 fully saturated rings. The molecule has 2 aromatic rings. The molecular formula is C15H13BrFNOS. The molecule has 0 bridgehead atoms. The summed E-state index contributed by atoms with van der Waals surface area (Å²) in [4.78, 5) is 13.0. The van der Waals surface area contributed by atoms with E-state index in [9.17, 15) is 9.18 Å². The molecule has 0 aliphatic heterocycles. The van der Waals surface area contributed by atoms with Crippen LogP contribution in [-0.4, -0.2) is 18.2 Å². The Hall–Kier alpha value is -1.33. The lowest BCUT2D eigenvalue weighted by molar-refractivity contribution is 0.0952. The predicted octanol–water partition coefficient (Wildman–Crippen LogP) is 4.11. The van der Waals surface area contributed by atoms with Crippen LogP contribution in [0.4, 0.5) is 4.39 Å². The minimum atomic E-state index is -0.513. The Kier molecular flexibility index (Phi) is 5.61. The third-order valence-electron chi connectivity index (χ3n) is 2.57. The molecule has 2 aromatic carbocycles. The Morgan fingerprint density at radius 2 is 1.95 bits per heavy atom. The van der Waals surface area contributed by atoms with E-state index in [4.69, 9.17) is 0 Å². The highest BCUT2D eigenvalue weighted by molar-refractivity contribution is 9.10. The molecule has 0 aromatic heterocycles. The molecular weight excluding hydrogens is 341 g/mol. The number of hydrogen-bond donors (Lipinski definition) is 1.